The summed E-state index contributed by atoms with van der Waals surface area (Å²) in [7, 11) is 1.96. The van der Waals surface area contributed by atoms with Gasteiger partial charge in [0.2, 0.25) is 0 Å². The normalized spacial score (nSPS) is 28.3. The van der Waals surface area contributed by atoms with Gasteiger partial charge in [-0.05, 0) is 63.5 Å². The Morgan fingerprint density at radius 2 is 1.62 bits per heavy atom. The van der Waals surface area contributed by atoms with Gasteiger partial charge in [-0.1, -0.05) is 13.8 Å². The molecule has 0 atom stereocenters. The van der Waals surface area contributed by atoms with Crippen molar-refractivity contribution in [3.8, 4) is 0 Å². The van der Waals surface area contributed by atoms with E-state index in [1.54, 1.807) is 0 Å². The highest BCUT2D eigenvalue weighted by Gasteiger charge is 2.24. The van der Waals surface area contributed by atoms with E-state index in [0.29, 0.717) is 6.04 Å². The van der Waals surface area contributed by atoms with Crippen molar-refractivity contribution in [2.24, 2.45) is 11.8 Å². The van der Waals surface area contributed by atoms with Crippen LogP contribution in [0.4, 0.5) is 4.79 Å². The highest BCUT2D eigenvalue weighted by Crippen LogP contribution is 2.26. The van der Waals surface area contributed by atoms with Crippen molar-refractivity contribution in [3.05, 3.63) is 0 Å². The number of piperidine rings is 1. The van der Waals surface area contributed by atoms with Gasteiger partial charge in [0.1, 0.15) is 0 Å². The van der Waals surface area contributed by atoms with E-state index in [2.05, 4.69) is 24.1 Å². The van der Waals surface area contributed by atoms with E-state index in [0.717, 1.165) is 37.8 Å². The van der Waals surface area contributed by atoms with Crippen LogP contribution in [-0.4, -0.2) is 55.1 Å². The summed E-state index contributed by atoms with van der Waals surface area (Å²) in [4.78, 5) is 16.6. The van der Waals surface area contributed by atoms with Gasteiger partial charge in [0.25, 0.3) is 0 Å². The SMILES string of the molecule is CC1CCC(N(C)C(=O)NCCN2CCC(C)CC2)CC1. The Balaban J connectivity index is 1.62. The summed E-state index contributed by atoms with van der Waals surface area (Å²) in [5, 5.41) is 3.09. The summed E-state index contributed by atoms with van der Waals surface area (Å²) in [6.07, 6.45) is 7.44. The van der Waals surface area contributed by atoms with E-state index >= 15 is 0 Å². The monoisotopic (exact) mass is 295 g/mol. The zero-order valence-corrected chi connectivity index (χ0v) is 14.1. The molecule has 4 heteroatoms. The summed E-state index contributed by atoms with van der Waals surface area (Å²) < 4.78 is 0. The van der Waals surface area contributed by atoms with E-state index in [-0.39, 0.29) is 6.03 Å². The number of amides is 2. The van der Waals surface area contributed by atoms with E-state index in [4.69, 9.17) is 0 Å². The first-order chi connectivity index (χ1) is 10.1. The number of urea groups is 1. The van der Waals surface area contributed by atoms with Crippen molar-refractivity contribution in [3.63, 3.8) is 0 Å². The highest BCUT2D eigenvalue weighted by atomic mass is 16.2. The summed E-state index contributed by atoms with van der Waals surface area (Å²) >= 11 is 0. The summed E-state index contributed by atoms with van der Waals surface area (Å²) in [5.74, 6) is 1.70. The van der Waals surface area contributed by atoms with E-state index in [1.807, 2.05) is 11.9 Å². The molecule has 1 saturated carbocycles. The summed E-state index contributed by atoms with van der Waals surface area (Å²) in [5.41, 5.74) is 0. The molecule has 0 radical (unpaired) electrons. The Bertz CT molecular complexity index is 318. The largest absolute Gasteiger partial charge is 0.337 e. The van der Waals surface area contributed by atoms with Gasteiger partial charge in [0.15, 0.2) is 0 Å². The number of nitrogens with zero attached hydrogens (tertiary/aromatic N) is 2. The lowest BCUT2D eigenvalue weighted by molar-refractivity contribution is 0.158. The molecule has 2 aliphatic rings. The molecule has 0 bridgehead atoms. The smallest absolute Gasteiger partial charge is 0.317 e. The minimum Gasteiger partial charge on any atom is -0.337 e. The maximum Gasteiger partial charge on any atom is 0.317 e. The number of nitrogens with one attached hydrogen (secondary N) is 1. The molecule has 122 valence electrons. The number of carbonyl (C=O) groups excluding carboxylic acids is 1. The van der Waals surface area contributed by atoms with Crippen molar-refractivity contribution in [1.82, 2.24) is 15.1 Å². The van der Waals surface area contributed by atoms with Crippen molar-refractivity contribution in [1.29, 1.82) is 0 Å². The maximum absolute atomic E-state index is 12.2. The van der Waals surface area contributed by atoms with Gasteiger partial charge < -0.3 is 15.1 Å². The molecular weight excluding hydrogens is 262 g/mol. The number of rotatable bonds is 4. The Kier molecular flexibility index (Phi) is 6.34. The molecule has 4 nitrogen and oxygen atoms in total. The van der Waals surface area contributed by atoms with Crippen LogP contribution in [0, 0.1) is 11.8 Å². The Hall–Kier alpha value is -0.770. The van der Waals surface area contributed by atoms with Crippen LogP contribution in [0.5, 0.6) is 0 Å². The quantitative estimate of drug-likeness (QED) is 0.865. The van der Waals surface area contributed by atoms with Crippen LogP contribution >= 0.6 is 0 Å². The fraction of sp³-hybridized carbons (Fsp3) is 0.941. The molecule has 1 heterocycles. The lowest BCUT2D eigenvalue weighted by Crippen LogP contribution is -2.47. The van der Waals surface area contributed by atoms with Gasteiger partial charge in [-0.3, -0.25) is 0 Å². The topological polar surface area (TPSA) is 35.6 Å². The van der Waals surface area contributed by atoms with Crippen LogP contribution in [0.25, 0.3) is 0 Å². The molecule has 1 aliphatic carbocycles. The predicted octanol–water partition coefficient (Wildman–Crippen LogP) is 2.94. The molecule has 0 unspecified atom stereocenters. The van der Waals surface area contributed by atoms with Crippen LogP contribution in [0.2, 0.25) is 0 Å². The van der Waals surface area contributed by atoms with Crippen LogP contribution in [0.1, 0.15) is 52.4 Å². The standard InChI is InChI=1S/C17H33N3O/c1-14-4-6-16(7-5-14)19(3)17(21)18-10-13-20-11-8-15(2)9-12-20/h14-16H,4-13H2,1-3H3,(H,18,21). The average molecular weight is 295 g/mol. The second-order valence-electron chi connectivity index (χ2n) is 7.28. The summed E-state index contributed by atoms with van der Waals surface area (Å²) in [6, 6.07) is 0.553. The van der Waals surface area contributed by atoms with Crippen LogP contribution in [0.3, 0.4) is 0 Å². The lowest BCUT2D eigenvalue weighted by Gasteiger charge is -2.34. The first-order valence-electron chi connectivity index (χ1n) is 8.79. The minimum absolute atomic E-state index is 0.111. The van der Waals surface area contributed by atoms with E-state index in [1.165, 1.54) is 38.8 Å². The van der Waals surface area contributed by atoms with Crippen LogP contribution < -0.4 is 5.32 Å². The number of carbonyl (C=O) groups is 1. The molecule has 0 aromatic carbocycles. The zero-order chi connectivity index (χ0) is 15.2. The molecule has 21 heavy (non-hydrogen) atoms. The fourth-order valence-corrected chi connectivity index (χ4v) is 3.53. The Labute approximate surface area is 130 Å². The second-order valence-corrected chi connectivity index (χ2v) is 7.28. The van der Waals surface area contributed by atoms with Gasteiger partial charge in [0.05, 0.1) is 0 Å². The molecular formula is C17H33N3O. The molecule has 2 amide bonds. The molecule has 2 rings (SSSR count). The molecule has 1 N–H and O–H groups in total. The van der Waals surface area contributed by atoms with Crippen molar-refractivity contribution in [2.45, 2.75) is 58.4 Å². The predicted molar refractivity (Wildman–Crippen MR) is 87.4 cm³/mol. The lowest BCUT2D eigenvalue weighted by atomic mass is 9.87. The third-order valence-corrected chi connectivity index (χ3v) is 5.43. The molecule has 1 saturated heterocycles. The van der Waals surface area contributed by atoms with Gasteiger partial charge in [-0.2, -0.15) is 0 Å². The second kappa shape index (κ2) is 8.02. The third kappa shape index (κ3) is 5.17. The zero-order valence-electron chi connectivity index (χ0n) is 14.1. The third-order valence-electron chi connectivity index (χ3n) is 5.43. The Morgan fingerprint density at radius 1 is 1.05 bits per heavy atom. The highest BCUT2D eigenvalue weighted by molar-refractivity contribution is 5.74. The van der Waals surface area contributed by atoms with E-state index < -0.39 is 0 Å². The van der Waals surface area contributed by atoms with Crippen LogP contribution in [0.15, 0.2) is 0 Å². The molecule has 0 aromatic heterocycles. The first kappa shape index (κ1) is 16.6. The Morgan fingerprint density at radius 3 is 2.24 bits per heavy atom. The summed E-state index contributed by atoms with van der Waals surface area (Å²) in [6.45, 7) is 8.80. The maximum atomic E-state index is 12.2. The van der Waals surface area contributed by atoms with Crippen molar-refractivity contribution < 1.29 is 4.79 Å². The van der Waals surface area contributed by atoms with E-state index in [9.17, 15) is 4.79 Å². The van der Waals surface area contributed by atoms with Gasteiger partial charge >= 0.3 is 6.03 Å². The van der Waals surface area contributed by atoms with Crippen LogP contribution in [-0.2, 0) is 0 Å². The van der Waals surface area contributed by atoms with Gasteiger partial charge in [0, 0.05) is 26.2 Å². The fourth-order valence-electron chi connectivity index (χ4n) is 3.53. The molecule has 0 aromatic rings. The van der Waals surface area contributed by atoms with Crippen molar-refractivity contribution in [2.75, 3.05) is 33.2 Å². The number of hydrogen-bond donors (Lipinski definition) is 1. The number of hydrogen-bond acceptors (Lipinski definition) is 2. The first-order valence-corrected chi connectivity index (χ1v) is 8.79. The molecule has 1 aliphatic heterocycles. The van der Waals surface area contributed by atoms with Gasteiger partial charge in [-0.15, -0.1) is 0 Å². The molecule has 0 spiro atoms. The van der Waals surface area contributed by atoms with Gasteiger partial charge in [-0.25, -0.2) is 4.79 Å². The molecule has 2 fully saturated rings. The van der Waals surface area contributed by atoms with Crippen molar-refractivity contribution >= 4 is 6.03 Å². The number of likely N-dealkylation sites (tertiary alicyclic amines) is 1. The average Bonchev–Trinajstić information content (AvgIpc) is 2.49. The minimum atomic E-state index is 0.111.